The number of aromatic nitrogens is 2. The predicted molar refractivity (Wildman–Crippen MR) is 137 cm³/mol. The summed E-state index contributed by atoms with van der Waals surface area (Å²) in [5.74, 6) is 0.190. The van der Waals surface area contributed by atoms with E-state index in [2.05, 4.69) is 22.5 Å². The summed E-state index contributed by atoms with van der Waals surface area (Å²) in [7, 11) is 0. The summed E-state index contributed by atoms with van der Waals surface area (Å²) < 4.78 is 1.86. The van der Waals surface area contributed by atoms with Crippen LogP contribution in [0.5, 0.6) is 0 Å². The van der Waals surface area contributed by atoms with Crippen molar-refractivity contribution >= 4 is 45.9 Å². The monoisotopic (exact) mass is 487 g/mol. The maximum atomic E-state index is 13.7. The Balaban J connectivity index is 1.68. The van der Waals surface area contributed by atoms with E-state index in [1.807, 2.05) is 53.1 Å². The molecule has 0 radical (unpaired) electrons. The number of para-hydroxylation sites is 2. The number of rotatable bonds is 5. The number of benzene rings is 3. The number of nitrogens with one attached hydrogen (secondary N) is 2. The van der Waals surface area contributed by atoms with E-state index in [0.29, 0.717) is 33.5 Å². The maximum Gasteiger partial charge on any atom is 0.269 e. The van der Waals surface area contributed by atoms with Gasteiger partial charge in [0.15, 0.2) is 0 Å². The summed E-state index contributed by atoms with van der Waals surface area (Å²) >= 11 is 6.60. The Morgan fingerprint density at radius 3 is 2.63 bits per heavy atom. The smallest absolute Gasteiger partial charge is 0.269 e. The predicted octanol–water partition coefficient (Wildman–Crippen LogP) is 6.09. The van der Waals surface area contributed by atoms with Crippen molar-refractivity contribution in [2.75, 3.05) is 10.6 Å². The van der Waals surface area contributed by atoms with Gasteiger partial charge in [0, 0.05) is 34.1 Å². The number of aryl methyl sites for hydroxylation is 1. The molecule has 35 heavy (non-hydrogen) atoms. The van der Waals surface area contributed by atoms with Crippen molar-refractivity contribution in [2.45, 2.75) is 26.3 Å². The first-order valence-electron chi connectivity index (χ1n) is 11.2. The number of carbonyl (C=O) groups excluding carboxylic acids is 1. The van der Waals surface area contributed by atoms with Gasteiger partial charge >= 0.3 is 0 Å². The number of amides is 1. The van der Waals surface area contributed by atoms with Crippen LogP contribution in [0.3, 0.4) is 0 Å². The second-order valence-corrected chi connectivity index (χ2v) is 8.74. The number of nitro benzene ring substituents is 1. The molecule has 0 bridgehead atoms. The fourth-order valence-electron chi connectivity index (χ4n) is 4.43. The summed E-state index contributed by atoms with van der Waals surface area (Å²) in [5, 5.41) is 18.1. The lowest BCUT2D eigenvalue weighted by atomic mass is 9.93. The number of hydrogen-bond acceptors (Lipinski definition) is 5. The molecule has 1 atom stereocenters. The lowest BCUT2D eigenvalue weighted by Crippen LogP contribution is -2.31. The van der Waals surface area contributed by atoms with Gasteiger partial charge in [-0.05, 0) is 49.2 Å². The fraction of sp³-hybridized carbons (Fsp3) is 0.154. The minimum atomic E-state index is -0.735. The van der Waals surface area contributed by atoms with E-state index in [1.54, 1.807) is 6.92 Å². The molecule has 1 amide bonds. The van der Waals surface area contributed by atoms with Crippen LogP contribution in [0.15, 0.2) is 78.0 Å². The van der Waals surface area contributed by atoms with Gasteiger partial charge in [0.1, 0.15) is 0 Å². The quantitative estimate of drug-likeness (QED) is 0.262. The van der Waals surface area contributed by atoms with E-state index in [4.69, 9.17) is 11.6 Å². The first-order chi connectivity index (χ1) is 16.9. The molecule has 2 N–H and O–H groups in total. The highest BCUT2D eigenvalue weighted by molar-refractivity contribution is 6.31. The molecular formula is C26H22ClN5O3. The summed E-state index contributed by atoms with van der Waals surface area (Å²) in [6.07, 6.45) is 0.895. The Kier molecular flexibility index (Phi) is 5.74. The van der Waals surface area contributed by atoms with E-state index >= 15 is 0 Å². The number of carbonyl (C=O) groups is 1. The fourth-order valence-corrected chi connectivity index (χ4v) is 4.65. The minimum absolute atomic E-state index is 0.110. The maximum absolute atomic E-state index is 13.7. The highest BCUT2D eigenvalue weighted by atomic mass is 35.5. The number of non-ortho nitro benzene ring substituents is 1. The lowest BCUT2D eigenvalue weighted by Gasteiger charge is -2.31. The van der Waals surface area contributed by atoms with Gasteiger partial charge in [0.25, 0.3) is 11.6 Å². The first kappa shape index (κ1) is 22.6. The molecule has 1 aliphatic heterocycles. The van der Waals surface area contributed by atoms with Crippen LogP contribution in [0.25, 0.3) is 11.0 Å². The van der Waals surface area contributed by atoms with Crippen LogP contribution in [-0.2, 0) is 11.2 Å². The number of hydrogen-bond donors (Lipinski definition) is 2. The number of nitrogens with zero attached hydrogens (tertiary/aromatic N) is 3. The normalized spacial score (nSPS) is 15.0. The number of allylic oxidation sites excluding steroid dienone is 1. The average molecular weight is 488 g/mol. The Morgan fingerprint density at radius 2 is 1.91 bits per heavy atom. The van der Waals surface area contributed by atoms with Crippen LogP contribution < -0.4 is 10.6 Å². The molecule has 3 aromatic carbocycles. The zero-order chi connectivity index (χ0) is 24.7. The highest BCUT2D eigenvalue weighted by Crippen LogP contribution is 2.42. The molecule has 2 heterocycles. The van der Waals surface area contributed by atoms with Crippen molar-refractivity contribution in [3.05, 3.63) is 104 Å². The molecule has 8 nitrogen and oxygen atoms in total. The molecule has 0 unspecified atom stereocenters. The van der Waals surface area contributed by atoms with E-state index in [0.717, 1.165) is 23.0 Å². The van der Waals surface area contributed by atoms with Gasteiger partial charge in [0.05, 0.1) is 27.6 Å². The van der Waals surface area contributed by atoms with Gasteiger partial charge in [-0.25, -0.2) is 4.98 Å². The van der Waals surface area contributed by atoms with Gasteiger partial charge in [-0.1, -0.05) is 42.8 Å². The molecule has 0 spiro atoms. The second-order valence-electron chi connectivity index (χ2n) is 8.33. The SMILES string of the molecule is CCc1ccc(NC(=O)C2=C(C)Nc3nc4ccccc4n3[C@H]2c2cc([N+](=O)[O-])ccc2Cl)cc1. The van der Waals surface area contributed by atoms with Gasteiger partial charge < -0.3 is 10.6 Å². The lowest BCUT2D eigenvalue weighted by molar-refractivity contribution is -0.384. The summed E-state index contributed by atoms with van der Waals surface area (Å²) in [6.45, 7) is 3.85. The Labute approximate surface area is 206 Å². The van der Waals surface area contributed by atoms with Crippen LogP contribution >= 0.6 is 11.6 Å². The van der Waals surface area contributed by atoms with E-state index in [1.165, 1.54) is 18.2 Å². The molecule has 0 saturated heterocycles. The number of anilines is 2. The Morgan fingerprint density at radius 1 is 1.17 bits per heavy atom. The molecule has 1 aliphatic rings. The van der Waals surface area contributed by atoms with Crippen molar-refractivity contribution in [3.63, 3.8) is 0 Å². The van der Waals surface area contributed by atoms with Gasteiger partial charge in [-0.15, -0.1) is 0 Å². The van der Waals surface area contributed by atoms with Crippen LogP contribution in [0.4, 0.5) is 17.3 Å². The summed E-state index contributed by atoms with van der Waals surface area (Å²) in [4.78, 5) is 29.5. The summed E-state index contributed by atoms with van der Waals surface area (Å²) in [5.41, 5.74) is 4.62. The van der Waals surface area contributed by atoms with Crippen molar-refractivity contribution < 1.29 is 9.72 Å². The molecule has 0 saturated carbocycles. The molecule has 1 aromatic heterocycles. The summed E-state index contributed by atoms with van der Waals surface area (Å²) in [6, 6.07) is 18.7. The first-order valence-corrected chi connectivity index (χ1v) is 11.5. The van der Waals surface area contributed by atoms with E-state index in [9.17, 15) is 14.9 Å². The van der Waals surface area contributed by atoms with Gasteiger partial charge in [-0.2, -0.15) is 0 Å². The van der Waals surface area contributed by atoms with Crippen LogP contribution in [-0.4, -0.2) is 20.4 Å². The van der Waals surface area contributed by atoms with Crippen molar-refractivity contribution in [3.8, 4) is 0 Å². The van der Waals surface area contributed by atoms with Crippen LogP contribution in [0, 0.1) is 10.1 Å². The number of imidazole rings is 1. The number of nitro groups is 1. The van der Waals surface area contributed by atoms with Gasteiger partial charge in [0.2, 0.25) is 5.95 Å². The zero-order valence-electron chi connectivity index (χ0n) is 19.1. The van der Waals surface area contributed by atoms with Crippen LogP contribution in [0.1, 0.15) is 31.0 Å². The third kappa shape index (κ3) is 4.02. The average Bonchev–Trinajstić information content (AvgIpc) is 3.21. The molecule has 0 aliphatic carbocycles. The molecule has 176 valence electrons. The van der Waals surface area contributed by atoms with E-state index < -0.39 is 11.0 Å². The molecule has 4 aromatic rings. The molecule has 0 fully saturated rings. The second kappa shape index (κ2) is 8.88. The number of fused-ring (bicyclic) bond motifs is 3. The van der Waals surface area contributed by atoms with Gasteiger partial charge in [-0.3, -0.25) is 19.5 Å². The highest BCUT2D eigenvalue weighted by Gasteiger charge is 2.36. The Bertz CT molecular complexity index is 1510. The topological polar surface area (TPSA) is 102 Å². The molecule has 9 heteroatoms. The largest absolute Gasteiger partial charge is 0.329 e. The molecule has 5 rings (SSSR count). The third-order valence-corrected chi connectivity index (χ3v) is 6.52. The van der Waals surface area contributed by atoms with Crippen molar-refractivity contribution in [1.82, 2.24) is 9.55 Å². The Hall–Kier alpha value is -4.17. The minimum Gasteiger partial charge on any atom is -0.329 e. The molecular weight excluding hydrogens is 466 g/mol. The third-order valence-electron chi connectivity index (χ3n) is 6.18. The van der Waals surface area contributed by atoms with E-state index in [-0.39, 0.29) is 11.6 Å². The number of halogens is 1. The zero-order valence-corrected chi connectivity index (χ0v) is 19.8. The standard InChI is InChI=1S/C26H22ClN5O3/c1-3-16-8-10-17(11-9-16)29-25(33)23-15(2)28-26-30-21-6-4-5-7-22(21)31(26)24(23)19-14-18(32(34)35)12-13-20(19)27/h4-14,24H,3H2,1-2H3,(H,28,30)(H,29,33)/t24-/m0/s1. The van der Waals surface area contributed by atoms with Crippen molar-refractivity contribution in [1.29, 1.82) is 0 Å². The van der Waals surface area contributed by atoms with Crippen LogP contribution in [0.2, 0.25) is 5.02 Å². The van der Waals surface area contributed by atoms with Crippen molar-refractivity contribution in [2.24, 2.45) is 0 Å².